The molecule has 0 aliphatic rings. The zero-order valence-corrected chi connectivity index (χ0v) is 11.5. The summed E-state index contributed by atoms with van der Waals surface area (Å²) < 4.78 is 9.13. The van der Waals surface area contributed by atoms with E-state index in [1.165, 1.54) is 13.8 Å². The molecule has 21 heavy (non-hydrogen) atoms. The van der Waals surface area contributed by atoms with Crippen LogP contribution in [0.2, 0.25) is 0 Å². The zero-order valence-electron chi connectivity index (χ0n) is 11.5. The number of ether oxygens (including phenoxy) is 2. The van der Waals surface area contributed by atoms with Gasteiger partial charge in [0.15, 0.2) is 0 Å². The van der Waals surface area contributed by atoms with E-state index in [0.29, 0.717) is 0 Å². The van der Waals surface area contributed by atoms with E-state index in [0.717, 1.165) is 0 Å². The molecule has 0 radical (unpaired) electrons. The Balaban J connectivity index is 4.22. The maximum absolute atomic E-state index is 11.3. The van der Waals surface area contributed by atoms with Crippen LogP contribution in [0.1, 0.15) is 33.1 Å². The average molecular weight is 304 g/mol. The van der Waals surface area contributed by atoms with Crippen LogP contribution in [0.5, 0.6) is 0 Å². The minimum Gasteiger partial charge on any atom is -0.481 e. The standard InChI is InChI=1S/C12H16O9/c1-6(3-9(14)15)20-11(18)5-8(13)12(19)21-7(2)4-10(16)17/h6-7H,3-5H2,1-2H3,(H,14,15)(H,16,17)/t6-,7-/m1/s1. The van der Waals surface area contributed by atoms with Gasteiger partial charge in [-0.2, -0.15) is 0 Å². The summed E-state index contributed by atoms with van der Waals surface area (Å²) in [4.78, 5) is 54.6. The molecular formula is C12H16O9. The number of hydrogen-bond donors (Lipinski definition) is 2. The van der Waals surface area contributed by atoms with Gasteiger partial charge in [0.1, 0.15) is 18.6 Å². The number of carboxylic acids is 2. The summed E-state index contributed by atoms with van der Waals surface area (Å²) in [5, 5.41) is 16.9. The van der Waals surface area contributed by atoms with Crippen molar-refractivity contribution in [1.29, 1.82) is 0 Å². The number of aliphatic carboxylic acids is 2. The quantitative estimate of drug-likeness (QED) is 0.335. The maximum atomic E-state index is 11.3. The lowest BCUT2D eigenvalue weighted by Crippen LogP contribution is -2.28. The van der Waals surface area contributed by atoms with Crippen molar-refractivity contribution in [2.24, 2.45) is 0 Å². The van der Waals surface area contributed by atoms with E-state index in [9.17, 15) is 24.0 Å². The third-order valence-corrected chi connectivity index (χ3v) is 2.10. The molecule has 118 valence electrons. The van der Waals surface area contributed by atoms with Crippen molar-refractivity contribution in [3.8, 4) is 0 Å². The molecule has 0 aromatic rings. The lowest BCUT2D eigenvalue weighted by molar-refractivity contribution is -0.163. The highest BCUT2D eigenvalue weighted by Crippen LogP contribution is 2.03. The average Bonchev–Trinajstić information content (AvgIpc) is 2.25. The van der Waals surface area contributed by atoms with E-state index >= 15 is 0 Å². The second kappa shape index (κ2) is 8.67. The minimum absolute atomic E-state index is 0.431. The number of rotatable bonds is 9. The first-order valence-electron chi connectivity index (χ1n) is 5.98. The van der Waals surface area contributed by atoms with Crippen molar-refractivity contribution < 1.29 is 43.7 Å². The highest BCUT2D eigenvalue weighted by atomic mass is 16.6. The SMILES string of the molecule is C[C@H](CC(=O)O)OC(=O)CC(=O)C(=O)O[C@H](C)CC(=O)O. The number of esters is 2. The summed E-state index contributed by atoms with van der Waals surface area (Å²) in [6, 6.07) is 0. The summed E-state index contributed by atoms with van der Waals surface area (Å²) in [6.07, 6.45) is -3.76. The molecule has 0 aliphatic carbocycles. The first kappa shape index (κ1) is 18.6. The van der Waals surface area contributed by atoms with Crippen molar-refractivity contribution in [1.82, 2.24) is 0 Å². The molecular weight excluding hydrogens is 288 g/mol. The maximum Gasteiger partial charge on any atom is 0.375 e. The van der Waals surface area contributed by atoms with Gasteiger partial charge in [0.2, 0.25) is 0 Å². The van der Waals surface area contributed by atoms with Crippen LogP contribution in [-0.4, -0.2) is 52.1 Å². The molecule has 0 spiro atoms. The monoisotopic (exact) mass is 304 g/mol. The van der Waals surface area contributed by atoms with Crippen LogP contribution in [0, 0.1) is 0 Å². The van der Waals surface area contributed by atoms with Crippen LogP contribution in [0.15, 0.2) is 0 Å². The molecule has 0 aliphatic heterocycles. The van der Waals surface area contributed by atoms with Gasteiger partial charge in [-0.1, -0.05) is 0 Å². The molecule has 0 saturated carbocycles. The molecule has 0 aromatic heterocycles. The largest absolute Gasteiger partial charge is 0.481 e. The molecule has 0 fully saturated rings. The second-order valence-electron chi connectivity index (χ2n) is 4.31. The van der Waals surface area contributed by atoms with Gasteiger partial charge >= 0.3 is 23.9 Å². The van der Waals surface area contributed by atoms with E-state index in [1.807, 2.05) is 0 Å². The van der Waals surface area contributed by atoms with Gasteiger partial charge in [0.25, 0.3) is 5.78 Å². The van der Waals surface area contributed by atoms with Crippen molar-refractivity contribution in [3.05, 3.63) is 0 Å². The van der Waals surface area contributed by atoms with Gasteiger partial charge in [-0.3, -0.25) is 19.2 Å². The molecule has 0 aromatic carbocycles. The number of carbonyl (C=O) groups excluding carboxylic acids is 3. The number of carbonyl (C=O) groups is 5. The first-order chi connectivity index (χ1) is 9.61. The number of Topliss-reactive ketones (excluding diaryl/α,β-unsaturated/α-hetero) is 1. The van der Waals surface area contributed by atoms with E-state index < -0.39 is 61.1 Å². The summed E-state index contributed by atoms with van der Waals surface area (Å²) in [5.41, 5.74) is 0. The molecule has 0 bridgehead atoms. The Hall–Kier alpha value is -2.45. The molecule has 0 saturated heterocycles. The Morgan fingerprint density at radius 3 is 1.71 bits per heavy atom. The van der Waals surface area contributed by atoms with E-state index in [2.05, 4.69) is 9.47 Å². The third-order valence-electron chi connectivity index (χ3n) is 2.10. The fraction of sp³-hybridized carbons (Fsp3) is 0.583. The fourth-order valence-corrected chi connectivity index (χ4v) is 1.29. The Morgan fingerprint density at radius 1 is 0.857 bits per heavy atom. The number of ketones is 1. The summed E-state index contributed by atoms with van der Waals surface area (Å²) in [6.45, 7) is 2.61. The van der Waals surface area contributed by atoms with Crippen LogP contribution >= 0.6 is 0 Å². The minimum atomic E-state index is -1.34. The fourth-order valence-electron chi connectivity index (χ4n) is 1.29. The molecule has 0 amide bonds. The first-order valence-corrected chi connectivity index (χ1v) is 5.98. The van der Waals surface area contributed by atoms with Crippen molar-refractivity contribution in [3.63, 3.8) is 0 Å². The molecule has 0 unspecified atom stereocenters. The van der Waals surface area contributed by atoms with Crippen LogP contribution < -0.4 is 0 Å². The second-order valence-corrected chi connectivity index (χ2v) is 4.31. The van der Waals surface area contributed by atoms with E-state index in [-0.39, 0.29) is 0 Å². The molecule has 9 heteroatoms. The van der Waals surface area contributed by atoms with Crippen LogP contribution in [0.25, 0.3) is 0 Å². The van der Waals surface area contributed by atoms with Gasteiger partial charge in [-0.25, -0.2) is 4.79 Å². The number of hydrogen-bond acceptors (Lipinski definition) is 7. The van der Waals surface area contributed by atoms with Gasteiger partial charge in [0, 0.05) is 0 Å². The van der Waals surface area contributed by atoms with Gasteiger partial charge in [-0.05, 0) is 13.8 Å². The van der Waals surface area contributed by atoms with Crippen LogP contribution in [0.4, 0.5) is 0 Å². The van der Waals surface area contributed by atoms with Gasteiger partial charge < -0.3 is 19.7 Å². The van der Waals surface area contributed by atoms with E-state index in [4.69, 9.17) is 10.2 Å². The Bertz CT molecular complexity index is 440. The molecule has 9 nitrogen and oxygen atoms in total. The smallest absolute Gasteiger partial charge is 0.375 e. The summed E-state index contributed by atoms with van der Waals surface area (Å²) in [7, 11) is 0. The highest BCUT2D eigenvalue weighted by Gasteiger charge is 2.24. The van der Waals surface area contributed by atoms with E-state index in [1.54, 1.807) is 0 Å². The highest BCUT2D eigenvalue weighted by molar-refractivity contribution is 6.36. The lowest BCUT2D eigenvalue weighted by atomic mass is 10.2. The molecule has 0 heterocycles. The summed E-state index contributed by atoms with van der Waals surface area (Å²) >= 11 is 0. The Morgan fingerprint density at radius 2 is 1.29 bits per heavy atom. The molecule has 0 rings (SSSR count). The van der Waals surface area contributed by atoms with Crippen LogP contribution in [0.3, 0.4) is 0 Å². The summed E-state index contributed by atoms with van der Waals surface area (Å²) in [5.74, 6) is -5.98. The predicted octanol–water partition coefficient (Wildman–Crippen LogP) is -0.242. The molecule has 2 N–H and O–H groups in total. The van der Waals surface area contributed by atoms with Crippen molar-refractivity contribution in [2.45, 2.75) is 45.3 Å². The predicted molar refractivity (Wildman–Crippen MR) is 65.2 cm³/mol. The Labute approximate surface area is 119 Å². The van der Waals surface area contributed by atoms with Crippen LogP contribution in [-0.2, 0) is 33.4 Å². The van der Waals surface area contributed by atoms with Gasteiger partial charge in [0.05, 0.1) is 12.8 Å². The number of carboxylic acid groups (broad SMARTS) is 2. The zero-order chi connectivity index (χ0) is 16.6. The lowest BCUT2D eigenvalue weighted by Gasteiger charge is -2.12. The normalized spacial score (nSPS) is 12.9. The van der Waals surface area contributed by atoms with Crippen molar-refractivity contribution in [2.75, 3.05) is 0 Å². The topological polar surface area (TPSA) is 144 Å². The Kier molecular flexibility index (Phi) is 7.66. The van der Waals surface area contributed by atoms with Crippen molar-refractivity contribution >= 4 is 29.7 Å². The third kappa shape index (κ3) is 9.14. The van der Waals surface area contributed by atoms with Gasteiger partial charge in [-0.15, -0.1) is 0 Å². The molecule has 2 atom stereocenters.